The zero-order valence-electron chi connectivity index (χ0n) is 13.3. The Hall–Kier alpha value is -1.24. The van der Waals surface area contributed by atoms with Gasteiger partial charge in [-0.25, -0.2) is 0 Å². The molecule has 0 radical (unpaired) electrons. The number of β-amino-alcohol motifs (C(OH)–C–C–N with tert-alkyl or cyclic N) is 2. The lowest BCUT2D eigenvalue weighted by Crippen LogP contribution is -2.27. The predicted octanol–water partition coefficient (Wildman–Crippen LogP) is 2.43. The van der Waals surface area contributed by atoms with Crippen LogP contribution in [0, 0.1) is 5.92 Å². The van der Waals surface area contributed by atoms with E-state index >= 15 is 0 Å². The summed E-state index contributed by atoms with van der Waals surface area (Å²) in [6.07, 6.45) is -1.12. The molecule has 2 aromatic rings. The van der Waals surface area contributed by atoms with Crippen LogP contribution in [-0.4, -0.2) is 52.6 Å². The number of likely N-dealkylation sites (tertiary alicyclic amines) is 1. The highest BCUT2D eigenvalue weighted by atomic mass is 79.9. The fourth-order valence-corrected chi connectivity index (χ4v) is 3.42. The first-order valence-electron chi connectivity index (χ1n) is 8.12. The fraction of sp³-hybridized carbons (Fsp3) is 0.368. The van der Waals surface area contributed by atoms with E-state index in [1.165, 1.54) is 0 Å². The predicted molar refractivity (Wildman–Crippen MR) is 97.6 cm³/mol. The third-order valence-corrected chi connectivity index (χ3v) is 5.15. The second-order valence-electron chi connectivity index (χ2n) is 6.37. The minimum absolute atomic E-state index is 0.0182. The molecule has 128 valence electrons. The van der Waals surface area contributed by atoms with Gasteiger partial charge in [-0.15, -0.1) is 0 Å². The molecule has 0 aromatic heterocycles. The number of aliphatic hydroxyl groups is 3. The second-order valence-corrected chi connectivity index (χ2v) is 7.29. The van der Waals surface area contributed by atoms with Gasteiger partial charge in [0.2, 0.25) is 0 Å². The maximum atomic E-state index is 10.4. The highest BCUT2D eigenvalue weighted by Crippen LogP contribution is 2.25. The second kappa shape index (κ2) is 7.76. The summed E-state index contributed by atoms with van der Waals surface area (Å²) in [5.74, 6) is -0.114. The van der Waals surface area contributed by atoms with E-state index in [1.54, 1.807) is 0 Å². The molecule has 1 heterocycles. The van der Waals surface area contributed by atoms with Crippen molar-refractivity contribution in [1.29, 1.82) is 0 Å². The number of halogens is 1. The number of nitrogens with zero attached hydrogens (tertiary/aromatic N) is 1. The molecular formula is C19H22BrNO3. The van der Waals surface area contributed by atoms with E-state index in [9.17, 15) is 15.3 Å². The van der Waals surface area contributed by atoms with Crippen molar-refractivity contribution >= 4 is 15.9 Å². The third kappa shape index (κ3) is 4.05. The maximum absolute atomic E-state index is 10.4. The van der Waals surface area contributed by atoms with Crippen molar-refractivity contribution in [3.05, 3.63) is 58.6 Å². The van der Waals surface area contributed by atoms with Gasteiger partial charge >= 0.3 is 0 Å². The van der Waals surface area contributed by atoms with E-state index in [0.717, 1.165) is 21.2 Å². The van der Waals surface area contributed by atoms with Crippen LogP contribution in [-0.2, 0) is 0 Å². The van der Waals surface area contributed by atoms with E-state index in [2.05, 4.69) is 28.1 Å². The largest absolute Gasteiger partial charge is 0.396 e. The van der Waals surface area contributed by atoms with Crippen molar-refractivity contribution in [2.45, 2.75) is 12.2 Å². The number of aliphatic hydroxyl groups excluding tert-OH is 3. The van der Waals surface area contributed by atoms with Crippen molar-refractivity contribution in [1.82, 2.24) is 4.90 Å². The smallest absolute Gasteiger partial charge is 0.0916 e. The van der Waals surface area contributed by atoms with Crippen molar-refractivity contribution < 1.29 is 15.3 Å². The molecule has 5 heteroatoms. The Morgan fingerprint density at radius 2 is 1.58 bits per heavy atom. The monoisotopic (exact) mass is 391 g/mol. The van der Waals surface area contributed by atoms with E-state index in [0.29, 0.717) is 19.6 Å². The van der Waals surface area contributed by atoms with Gasteiger partial charge in [0.05, 0.1) is 12.2 Å². The molecule has 0 spiro atoms. The molecule has 0 bridgehead atoms. The lowest BCUT2D eigenvalue weighted by Gasteiger charge is -2.20. The minimum Gasteiger partial charge on any atom is -0.396 e. The van der Waals surface area contributed by atoms with E-state index in [-0.39, 0.29) is 12.5 Å². The molecule has 24 heavy (non-hydrogen) atoms. The number of hydrogen-bond donors (Lipinski definition) is 3. The van der Waals surface area contributed by atoms with Crippen LogP contribution in [0.1, 0.15) is 11.7 Å². The Labute approximate surface area is 150 Å². The Morgan fingerprint density at radius 3 is 2.12 bits per heavy atom. The zero-order valence-corrected chi connectivity index (χ0v) is 14.9. The van der Waals surface area contributed by atoms with Gasteiger partial charge in [0.1, 0.15) is 0 Å². The molecule has 3 atom stereocenters. The zero-order chi connectivity index (χ0) is 17.1. The standard InChI is InChI=1S/C19H22BrNO3/c20-17-7-5-14(6-8-17)13-1-3-15(4-2-13)18(23)10-21-9-16(12-22)19(24)11-21/h1-8,16,18-19,22-24H,9-12H2/t16?,18-,19?/m1/s1. The molecule has 0 amide bonds. The van der Waals surface area contributed by atoms with E-state index in [4.69, 9.17) is 0 Å². The van der Waals surface area contributed by atoms with Gasteiger partial charge in [0, 0.05) is 36.6 Å². The third-order valence-electron chi connectivity index (χ3n) is 4.62. The van der Waals surface area contributed by atoms with Gasteiger partial charge in [0.25, 0.3) is 0 Å². The molecular weight excluding hydrogens is 370 g/mol. The summed E-state index contributed by atoms with van der Waals surface area (Å²) in [7, 11) is 0. The first kappa shape index (κ1) is 17.6. The van der Waals surface area contributed by atoms with Crippen LogP contribution in [0.25, 0.3) is 11.1 Å². The maximum Gasteiger partial charge on any atom is 0.0916 e. The summed E-state index contributed by atoms with van der Waals surface area (Å²) < 4.78 is 1.05. The summed E-state index contributed by atoms with van der Waals surface area (Å²) in [4.78, 5) is 2.00. The average Bonchev–Trinajstić information content (AvgIpc) is 2.95. The molecule has 4 nitrogen and oxygen atoms in total. The number of benzene rings is 2. The first-order valence-corrected chi connectivity index (χ1v) is 8.91. The van der Waals surface area contributed by atoms with Gasteiger partial charge in [-0.05, 0) is 28.8 Å². The number of rotatable bonds is 5. The van der Waals surface area contributed by atoms with Gasteiger partial charge in [-0.1, -0.05) is 52.3 Å². The topological polar surface area (TPSA) is 63.9 Å². The summed E-state index contributed by atoms with van der Waals surface area (Å²) in [6, 6.07) is 16.0. The highest BCUT2D eigenvalue weighted by Gasteiger charge is 2.31. The Bertz CT molecular complexity index is 659. The molecule has 3 rings (SSSR count). The van der Waals surface area contributed by atoms with Gasteiger partial charge < -0.3 is 15.3 Å². The van der Waals surface area contributed by atoms with Crippen LogP contribution >= 0.6 is 15.9 Å². The summed E-state index contributed by atoms with van der Waals surface area (Å²) in [5.41, 5.74) is 3.10. The lowest BCUT2D eigenvalue weighted by molar-refractivity contribution is 0.0998. The molecule has 0 aliphatic carbocycles. The van der Waals surface area contributed by atoms with Crippen LogP contribution in [0.3, 0.4) is 0 Å². The van der Waals surface area contributed by atoms with Gasteiger partial charge in [-0.3, -0.25) is 4.90 Å². The molecule has 1 fully saturated rings. The van der Waals surface area contributed by atoms with Gasteiger partial charge in [0.15, 0.2) is 0 Å². The lowest BCUT2D eigenvalue weighted by atomic mass is 10.0. The minimum atomic E-state index is -0.603. The SMILES string of the molecule is OCC1CN(C[C@@H](O)c2ccc(-c3ccc(Br)cc3)cc2)CC1O. The fourth-order valence-electron chi connectivity index (χ4n) is 3.16. The van der Waals surface area contributed by atoms with Gasteiger partial charge in [-0.2, -0.15) is 0 Å². The van der Waals surface area contributed by atoms with Crippen molar-refractivity contribution in [2.24, 2.45) is 5.92 Å². The van der Waals surface area contributed by atoms with Crippen LogP contribution < -0.4 is 0 Å². The molecule has 0 saturated carbocycles. The van der Waals surface area contributed by atoms with Crippen molar-refractivity contribution in [3.8, 4) is 11.1 Å². The quantitative estimate of drug-likeness (QED) is 0.732. The van der Waals surface area contributed by atoms with Crippen molar-refractivity contribution in [2.75, 3.05) is 26.2 Å². The molecule has 1 aliphatic heterocycles. The molecule has 1 aliphatic rings. The van der Waals surface area contributed by atoms with E-state index < -0.39 is 12.2 Å². The normalized spacial score (nSPS) is 22.7. The number of hydrogen-bond acceptors (Lipinski definition) is 4. The van der Waals surface area contributed by atoms with E-state index in [1.807, 2.05) is 41.3 Å². The van der Waals surface area contributed by atoms with Crippen LogP contribution in [0.4, 0.5) is 0 Å². The summed E-state index contributed by atoms with van der Waals surface area (Å²) >= 11 is 3.43. The Kier molecular flexibility index (Phi) is 5.69. The molecule has 2 aromatic carbocycles. The van der Waals surface area contributed by atoms with Crippen LogP contribution in [0.5, 0.6) is 0 Å². The summed E-state index contributed by atoms with van der Waals surface area (Å²) in [5, 5.41) is 29.5. The molecule has 3 N–H and O–H groups in total. The molecule has 2 unspecified atom stereocenters. The van der Waals surface area contributed by atoms with Crippen LogP contribution in [0.15, 0.2) is 53.0 Å². The van der Waals surface area contributed by atoms with Crippen molar-refractivity contribution in [3.63, 3.8) is 0 Å². The average molecular weight is 392 g/mol. The Balaban J connectivity index is 1.64. The van der Waals surface area contributed by atoms with Crippen LogP contribution in [0.2, 0.25) is 0 Å². The molecule has 1 saturated heterocycles. The highest BCUT2D eigenvalue weighted by molar-refractivity contribution is 9.10. The summed E-state index contributed by atoms with van der Waals surface area (Å²) in [6.45, 7) is 1.56. The first-order chi connectivity index (χ1) is 11.6. The Morgan fingerprint density at radius 1 is 1.00 bits per heavy atom.